The van der Waals surface area contributed by atoms with Gasteiger partial charge in [-0.3, -0.25) is 4.79 Å². The van der Waals surface area contributed by atoms with Crippen molar-refractivity contribution in [2.75, 3.05) is 6.61 Å². The summed E-state index contributed by atoms with van der Waals surface area (Å²) in [5, 5.41) is -0.235. The summed E-state index contributed by atoms with van der Waals surface area (Å²) in [5.41, 5.74) is 2.81. The van der Waals surface area contributed by atoms with E-state index in [0.717, 1.165) is 23.0 Å². The molecule has 1 heterocycles. The molecule has 0 unspecified atom stereocenters. The van der Waals surface area contributed by atoms with Gasteiger partial charge in [-0.25, -0.2) is 0 Å². The van der Waals surface area contributed by atoms with Crippen molar-refractivity contribution in [3.05, 3.63) is 108 Å². The number of ether oxygens (including phenoxy) is 5. The lowest BCUT2D eigenvalue weighted by molar-refractivity contribution is -0.267. The molecule has 0 spiro atoms. The van der Waals surface area contributed by atoms with E-state index in [9.17, 15) is 9.59 Å². The lowest BCUT2D eigenvalue weighted by Crippen LogP contribution is -2.64. The van der Waals surface area contributed by atoms with Crippen molar-refractivity contribution in [1.29, 1.82) is 0 Å². The van der Waals surface area contributed by atoms with Crippen LogP contribution in [-0.2, 0) is 48.3 Å². The summed E-state index contributed by atoms with van der Waals surface area (Å²) in [6, 6.07) is 29.8. The second kappa shape index (κ2) is 16.6. The summed E-state index contributed by atoms with van der Waals surface area (Å²) >= 11 is 0. The van der Waals surface area contributed by atoms with E-state index in [0.29, 0.717) is 13.2 Å². The van der Waals surface area contributed by atoms with Crippen LogP contribution >= 0.6 is 0 Å². The smallest absolute Gasteiger partial charge is 0.272 e. The largest absolute Gasteiger partial charge is 0.461 e. The van der Waals surface area contributed by atoms with Crippen molar-refractivity contribution in [3.8, 4) is 0 Å². The Morgan fingerprint density at radius 3 is 1.74 bits per heavy atom. The van der Waals surface area contributed by atoms with Crippen LogP contribution in [0.3, 0.4) is 0 Å². The van der Waals surface area contributed by atoms with Gasteiger partial charge in [0.15, 0.2) is 14.2 Å². The molecule has 3 aromatic carbocycles. The van der Waals surface area contributed by atoms with Gasteiger partial charge >= 0.3 is 0 Å². The number of rotatable bonds is 15. The standard InChI is InChI=1S/C38H50O7Si/c1-28(22-23-39)33-36(45-37(40)46(5,6)38(2,3)4)35(43-26-31-20-14-9-15-21-31)34(42-25-30-18-12-8-13-19-30)32(44-33)27-41-24-29-16-10-7-11-17-29/h7-21,23,28,32-36H,22,24-27H2,1-6H3/t28-,32-,33+,34-,35+,36+/m1/s1. The predicted molar refractivity (Wildman–Crippen MR) is 182 cm³/mol. The maximum atomic E-state index is 14.0. The summed E-state index contributed by atoms with van der Waals surface area (Å²) in [5.74, 6) is -0.246. The molecule has 0 N–H and O–H groups in total. The number of benzene rings is 3. The molecule has 4 rings (SSSR count). The Balaban J connectivity index is 1.71. The van der Waals surface area contributed by atoms with Gasteiger partial charge in [0.25, 0.3) is 5.59 Å². The second-order valence-electron chi connectivity index (χ2n) is 13.8. The van der Waals surface area contributed by atoms with Crippen LogP contribution in [0.15, 0.2) is 91.0 Å². The van der Waals surface area contributed by atoms with E-state index in [4.69, 9.17) is 23.7 Å². The van der Waals surface area contributed by atoms with Crippen molar-refractivity contribution in [1.82, 2.24) is 0 Å². The zero-order chi connectivity index (χ0) is 33.2. The molecule has 0 aromatic heterocycles. The quantitative estimate of drug-likeness (QED) is 0.122. The molecule has 7 nitrogen and oxygen atoms in total. The van der Waals surface area contributed by atoms with Crippen molar-refractivity contribution in [2.24, 2.45) is 5.92 Å². The fourth-order valence-electron chi connectivity index (χ4n) is 5.32. The summed E-state index contributed by atoms with van der Waals surface area (Å²) in [7, 11) is -2.57. The van der Waals surface area contributed by atoms with Gasteiger partial charge < -0.3 is 28.5 Å². The van der Waals surface area contributed by atoms with Crippen LogP contribution in [0.25, 0.3) is 0 Å². The van der Waals surface area contributed by atoms with Crippen LogP contribution in [0.2, 0.25) is 18.1 Å². The third-order valence-electron chi connectivity index (χ3n) is 9.29. The van der Waals surface area contributed by atoms with Gasteiger partial charge in [0, 0.05) is 6.42 Å². The van der Waals surface area contributed by atoms with Crippen LogP contribution in [-0.4, -0.2) is 57.1 Å². The van der Waals surface area contributed by atoms with Crippen LogP contribution < -0.4 is 0 Å². The van der Waals surface area contributed by atoms with E-state index < -0.39 is 38.6 Å². The minimum atomic E-state index is -2.57. The molecule has 3 aromatic rings. The SMILES string of the molecule is C[C@H](CC=O)[C@@H]1O[C@H](COCc2ccccc2)[C@@H](OCc2ccccc2)[C@H](OCc2ccccc2)[C@H]1OC(=O)[Si](C)(C)C(C)(C)C. The van der Waals surface area contributed by atoms with E-state index in [1.54, 1.807) is 0 Å². The lowest BCUT2D eigenvalue weighted by atomic mass is 9.87. The molecule has 0 amide bonds. The summed E-state index contributed by atoms with van der Waals surface area (Å²) in [6.07, 6.45) is -2.13. The highest BCUT2D eigenvalue weighted by Gasteiger charge is 2.53. The van der Waals surface area contributed by atoms with Crippen molar-refractivity contribution in [3.63, 3.8) is 0 Å². The highest BCUT2D eigenvalue weighted by atomic mass is 28.3. The van der Waals surface area contributed by atoms with Gasteiger partial charge in [0.05, 0.1) is 26.4 Å². The Labute approximate surface area is 275 Å². The molecule has 0 aliphatic carbocycles. The third-order valence-corrected chi connectivity index (χ3v) is 14.2. The van der Waals surface area contributed by atoms with E-state index in [1.165, 1.54) is 0 Å². The summed E-state index contributed by atoms with van der Waals surface area (Å²) in [6.45, 7) is 13.5. The molecule has 46 heavy (non-hydrogen) atoms. The number of hydrogen-bond donors (Lipinski definition) is 0. The van der Waals surface area contributed by atoms with Gasteiger partial charge in [-0.1, -0.05) is 132 Å². The zero-order valence-corrected chi connectivity index (χ0v) is 29.1. The monoisotopic (exact) mass is 646 g/mol. The zero-order valence-electron chi connectivity index (χ0n) is 28.1. The van der Waals surface area contributed by atoms with E-state index in [-0.39, 0.29) is 36.2 Å². The molecular formula is C38H50O7Si. The predicted octanol–water partition coefficient (Wildman–Crippen LogP) is 7.96. The fraction of sp³-hybridized carbons (Fsp3) is 0.474. The topological polar surface area (TPSA) is 80.3 Å². The third kappa shape index (κ3) is 9.45. The highest BCUT2D eigenvalue weighted by Crippen LogP contribution is 2.40. The molecule has 1 fully saturated rings. The first-order valence-corrected chi connectivity index (χ1v) is 19.2. The maximum absolute atomic E-state index is 14.0. The number of hydrogen-bond acceptors (Lipinski definition) is 7. The normalized spacial score (nSPS) is 22.6. The Hall–Kier alpha value is -3.14. The fourth-order valence-corrected chi connectivity index (χ4v) is 6.37. The Morgan fingerprint density at radius 2 is 1.26 bits per heavy atom. The molecule has 0 saturated carbocycles. The maximum Gasteiger partial charge on any atom is 0.272 e. The van der Waals surface area contributed by atoms with Gasteiger partial charge in [-0.05, 0) is 27.6 Å². The summed E-state index contributed by atoms with van der Waals surface area (Å²) < 4.78 is 32.9. The number of carbonyl (C=O) groups is 2. The molecule has 248 valence electrons. The molecule has 0 bridgehead atoms. The van der Waals surface area contributed by atoms with Crippen LogP contribution in [0.5, 0.6) is 0 Å². The van der Waals surface area contributed by atoms with Gasteiger partial charge in [-0.2, -0.15) is 0 Å². The number of carbonyl (C=O) groups excluding carboxylic acids is 2. The second-order valence-corrected chi connectivity index (χ2v) is 18.9. The van der Waals surface area contributed by atoms with Gasteiger partial charge in [-0.15, -0.1) is 0 Å². The average molecular weight is 647 g/mol. The molecule has 1 aliphatic rings. The number of aldehydes is 1. The van der Waals surface area contributed by atoms with Crippen LogP contribution in [0.1, 0.15) is 50.8 Å². The molecule has 0 radical (unpaired) electrons. The summed E-state index contributed by atoms with van der Waals surface area (Å²) in [4.78, 5) is 25.8. The molecule has 1 saturated heterocycles. The van der Waals surface area contributed by atoms with E-state index in [2.05, 4.69) is 20.8 Å². The van der Waals surface area contributed by atoms with Crippen molar-refractivity contribution in [2.45, 2.75) is 103 Å². The lowest BCUT2D eigenvalue weighted by Gasteiger charge is -2.48. The Bertz CT molecular complexity index is 1340. The molecular weight excluding hydrogens is 596 g/mol. The van der Waals surface area contributed by atoms with Crippen LogP contribution in [0.4, 0.5) is 4.79 Å². The first-order valence-electron chi connectivity index (χ1n) is 16.2. The Morgan fingerprint density at radius 1 is 0.783 bits per heavy atom. The molecule has 1 aliphatic heterocycles. The van der Waals surface area contributed by atoms with E-state index in [1.807, 2.05) is 111 Å². The molecule has 8 heteroatoms. The average Bonchev–Trinajstić information content (AvgIpc) is 3.04. The minimum Gasteiger partial charge on any atom is -0.461 e. The van der Waals surface area contributed by atoms with E-state index >= 15 is 0 Å². The van der Waals surface area contributed by atoms with Gasteiger partial charge in [0.2, 0.25) is 0 Å². The minimum absolute atomic E-state index is 0.217. The van der Waals surface area contributed by atoms with Crippen LogP contribution in [0, 0.1) is 5.92 Å². The van der Waals surface area contributed by atoms with Crippen molar-refractivity contribution >= 4 is 20.0 Å². The Kier molecular flexibility index (Phi) is 12.9. The van der Waals surface area contributed by atoms with Gasteiger partial charge in [0.1, 0.15) is 30.7 Å². The first-order chi connectivity index (χ1) is 22.0. The van der Waals surface area contributed by atoms with Crippen molar-refractivity contribution < 1.29 is 33.3 Å². The molecule has 6 atom stereocenters. The first kappa shape index (κ1) is 35.7. The highest BCUT2D eigenvalue weighted by molar-refractivity contribution is 7.05.